The molecule has 1 heterocycles. The summed E-state index contributed by atoms with van der Waals surface area (Å²) in [6, 6.07) is 0. The molecule has 3 nitrogen and oxygen atoms in total. The third-order valence-corrected chi connectivity index (χ3v) is 2.76. The predicted octanol–water partition coefficient (Wildman–Crippen LogP) is 2.91. The van der Waals surface area contributed by atoms with Crippen molar-refractivity contribution < 1.29 is 4.79 Å². The standard InChI is InChI=1S/C12H20N2O/c1-4-8-14-9-7-13-12(14)11(15)10(5-2)6-3/h7,9-10H,4-6,8H2,1-3H3. The van der Waals surface area contributed by atoms with E-state index in [1.807, 2.05) is 10.8 Å². The molecular weight excluding hydrogens is 188 g/mol. The number of rotatable bonds is 6. The molecule has 0 aromatic carbocycles. The molecule has 0 N–H and O–H groups in total. The second-order valence-electron chi connectivity index (χ2n) is 3.82. The zero-order valence-corrected chi connectivity index (χ0v) is 9.86. The van der Waals surface area contributed by atoms with Crippen LogP contribution < -0.4 is 0 Å². The van der Waals surface area contributed by atoms with Crippen molar-refractivity contribution in [3.8, 4) is 0 Å². The highest BCUT2D eigenvalue weighted by molar-refractivity contribution is 5.94. The minimum Gasteiger partial charge on any atom is -0.329 e. The number of carbonyl (C=O) groups is 1. The van der Waals surface area contributed by atoms with E-state index in [0.29, 0.717) is 5.82 Å². The average Bonchev–Trinajstić information content (AvgIpc) is 2.68. The minimum absolute atomic E-state index is 0.128. The van der Waals surface area contributed by atoms with Crippen molar-refractivity contribution in [1.82, 2.24) is 9.55 Å². The molecule has 15 heavy (non-hydrogen) atoms. The highest BCUT2D eigenvalue weighted by atomic mass is 16.1. The molecule has 0 saturated carbocycles. The Balaban J connectivity index is 2.84. The highest BCUT2D eigenvalue weighted by Gasteiger charge is 2.20. The Bertz CT molecular complexity index is 313. The van der Waals surface area contributed by atoms with Crippen LogP contribution in [0.3, 0.4) is 0 Å². The van der Waals surface area contributed by atoms with Gasteiger partial charge in [0.2, 0.25) is 5.78 Å². The lowest BCUT2D eigenvalue weighted by Gasteiger charge is -2.11. The van der Waals surface area contributed by atoms with Gasteiger partial charge in [-0.1, -0.05) is 20.8 Å². The Morgan fingerprint density at radius 3 is 2.60 bits per heavy atom. The molecule has 84 valence electrons. The van der Waals surface area contributed by atoms with E-state index >= 15 is 0 Å². The van der Waals surface area contributed by atoms with Crippen LogP contribution >= 0.6 is 0 Å². The SMILES string of the molecule is CCCn1ccnc1C(=O)C(CC)CC. The zero-order chi connectivity index (χ0) is 11.3. The topological polar surface area (TPSA) is 34.9 Å². The Morgan fingerprint density at radius 2 is 2.07 bits per heavy atom. The maximum Gasteiger partial charge on any atom is 0.201 e. The van der Waals surface area contributed by atoms with E-state index in [1.165, 1.54) is 0 Å². The number of Topliss-reactive ketones (excluding diaryl/α,β-unsaturated/α-hetero) is 1. The summed E-state index contributed by atoms with van der Waals surface area (Å²) in [4.78, 5) is 16.2. The summed E-state index contributed by atoms with van der Waals surface area (Å²) in [5.41, 5.74) is 0. The van der Waals surface area contributed by atoms with Crippen molar-refractivity contribution in [2.24, 2.45) is 5.92 Å². The number of hydrogen-bond acceptors (Lipinski definition) is 2. The molecule has 0 bridgehead atoms. The third-order valence-electron chi connectivity index (χ3n) is 2.76. The molecule has 0 radical (unpaired) electrons. The van der Waals surface area contributed by atoms with Gasteiger partial charge < -0.3 is 4.57 Å². The van der Waals surface area contributed by atoms with Crippen LogP contribution in [-0.2, 0) is 6.54 Å². The number of nitrogens with zero attached hydrogens (tertiary/aromatic N) is 2. The molecule has 0 fully saturated rings. The van der Waals surface area contributed by atoms with E-state index in [2.05, 4.69) is 25.8 Å². The summed E-state index contributed by atoms with van der Waals surface area (Å²) in [5.74, 6) is 0.951. The van der Waals surface area contributed by atoms with Crippen LogP contribution in [0, 0.1) is 5.92 Å². The molecule has 0 saturated heterocycles. The molecule has 0 atom stereocenters. The van der Waals surface area contributed by atoms with Crippen LogP contribution in [0.4, 0.5) is 0 Å². The van der Waals surface area contributed by atoms with Gasteiger partial charge in [0.1, 0.15) is 0 Å². The lowest BCUT2D eigenvalue weighted by atomic mass is 9.98. The van der Waals surface area contributed by atoms with E-state index in [0.717, 1.165) is 25.8 Å². The number of aromatic nitrogens is 2. The number of carbonyl (C=O) groups excluding carboxylic acids is 1. The van der Waals surface area contributed by atoms with Gasteiger partial charge in [0.25, 0.3) is 0 Å². The smallest absolute Gasteiger partial charge is 0.201 e. The van der Waals surface area contributed by atoms with Crippen molar-refractivity contribution in [2.45, 2.75) is 46.6 Å². The van der Waals surface area contributed by atoms with Crippen LogP contribution in [-0.4, -0.2) is 15.3 Å². The first-order valence-corrected chi connectivity index (χ1v) is 5.79. The lowest BCUT2D eigenvalue weighted by molar-refractivity contribution is 0.0898. The molecular formula is C12H20N2O. The molecule has 1 aromatic rings. The molecule has 1 rings (SSSR count). The van der Waals surface area contributed by atoms with Crippen molar-refractivity contribution >= 4 is 5.78 Å². The van der Waals surface area contributed by atoms with Gasteiger partial charge in [-0.05, 0) is 19.3 Å². The lowest BCUT2D eigenvalue weighted by Crippen LogP contribution is -2.18. The Hall–Kier alpha value is -1.12. The Labute approximate surface area is 91.5 Å². The van der Waals surface area contributed by atoms with Crippen molar-refractivity contribution in [3.63, 3.8) is 0 Å². The number of imidazole rings is 1. The van der Waals surface area contributed by atoms with Gasteiger partial charge in [-0.3, -0.25) is 4.79 Å². The molecule has 1 aromatic heterocycles. The van der Waals surface area contributed by atoms with Gasteiger partial charge in [-0.2, -0.15) is 0 Å². The van der Waals surface area contributed by atoms with Gasteiger partial charge in [-0.25, -0.2) is 4.98 Å². The summed E-state index contributed by atoms with van der Waals surface area (Å²) in [6.45, 7) is 7.09. The van der Waals surface area contributed by atoms with E-state index in [-0.39, 0.29) is 11.7 Å². The predicted molar refractivity (Wildman–Crippen MR) is 60.9 cm³/mol. The van der Waals surface area contributed by atoms with Crippen molar-refractivity contribution in [3.05, 3.63) is 18.2 Å². The minimum atomic E-state index is 0.128. The van der Waals surface area contributed by atoms with Crippen LogP contribution in [0.5, 0.6) is 0 Å². The quantitative estimate of drug-likeness (QED) is 0.674. The fourth-order valence-corrected chi connectivity index (χ4v) is 1.80. The molecule has 0 aliphatic heterocycles. The molecule has 3 heteroatoms. The first kappa shape index (κ1) is 12.0. The van der Waals surface area contributed by atoms with Crippen LogP contribution in [0.1, 0.15) is 50.7 Å². The zero-order valence-electron chi connectivity index (χ0n) is 9.86. The molecule has 0 unspecified atom stereocenters. The van der Waals surface area contributed by atoms with Crippen LogP contribution in [0.2, 0.25) is 0 Å². The third kappa shape index (κ3) is 2.67. The maximum atomic E-state index is 12.1. The summed E-state index contributed by atoms with van der Waals surface area (Å²) < 4.78 is 1.96. The number of aryl methyl sites for hydroxylation is 1. The van der Waals surface area contributed by atoms with E-state index in [9.17, 15) is 4.79 Å². The van der Waals surface area contributed by atoms with Crippen molar-refractivity contribution in [2.75, 3.05) is 0 Å². The second-order valence-corrected chi connectivity index (χ2v) is 3.82. The van der Waals surface area contributed by atoms with E-state index < -0.39 is 0 Å². The second kappa shape index (κ2) is 5.69. The number of ketones is 1. The maximum absolute atomic E-state index is 12.1. The summed E-state index contributed by atoms with van der Waals surface area (Å²) in [6.07, 6.45) is 6.42. The van der Waals surface area contributed by atoms with Gasteiger partial charge in [0, 0.05) is 24.9 Å². The normalized spacial score (nSPS) is 10.9. The highest BCUT2D eigenvalue weighted by Crippen LogP contribution is 2.14. The van der Waals surface area contributed by atoms with E-state index in [1.54, 1.807) is 6.20 Å². The molecule has 0 amide bonds. The molecule has 0 aliphatic rings. The van der Waals surface area contributed by atoms with Crippen LogP contribution in [0.25, 0.3) is 0 Å². The average molecular weight is 208 g/mol. The summed E-state index contributed by atoms with van der Waals surface area (Å²) in [5, 5.41) is 0. The van der Waals surface area contributed by atoms with Gasteiger partial charge >= 0.3 is 0 Å². The number of hydrogen-bond donors (Lipinski definition) is 0. The van der Waals surface area contributed by atoms with Crippen LogP contribution in [0.15, 0.2) is 12.4 Å². The van der Waals surface area contributed by atoms with Gasteiger partial charge in [0.05, 0.1) is 0 Å². The van der Waals surface area contributed by atoms with Gasteiger partial charge in [0.15, 0.2) is 5.82 Å². The summed E-state index contributed by atoms with van der Waals surface area (Å²) in [7, 11) is 0. The molecule has 0 aliphatic carbocycles. The first-order valence-electron chi connectivity index (χ1n) is 5.79. The largest absolute Gasteiger partial charge is 0.329 e. The van der Waals surface area contributed by atoms with E-state index in [4.69, 9.17) is 0 Å². The monoisotopic (exact) mass is 208 g/mol. The summed E-state index contributed by atoms with van der Waals surface area (Å²) >= 11 is 0. The van der Waals surface area contributed by atoms with Crippen molar-refractivity contribution in [1.29, 1.82) is 0 Å². The fraction of sp³-hybridized carbons (Fsp3) is 0.667. The Morgan fingerprint density at radius 1 is 1.40 bits per heavy atom. The Kier molecular flexibility index (Phi) is 4.53. The molecule has 0 spiro atoms. The fourth-order valence-electron chi connectivity index (χ4n) is 1.80. The first-order chi connectivity index (χ1) is 7.24. The van der Waals surface area contributed by atoms with Gasteiger partial charge in [-0.15, -0.1) is 0 Å².